The van der Waals surface area contributed by atoms with Crippen LogP contribution in [0.2, 0.25) is 5.02 Å². The second-order valence-electron chi connectivity index (χ2n) is 6.62. The fourth-order valence-corrected chi connectivity index (χ4v) is 3.28. The number of thiocarbonyl (C=S) groups is 1. The SMILES string of the molecule is Cc1c(Cl)c(C(F)(F)F)nn1CCCNC(=S)Nc1cnn(Cc2ccccc2)c1. The normalized spacial score (nSPS) is 11.5. The lowest BCUT2D eigenvalue weighted by atomic mass is 10.2. The summed E-state index contributed by atoms with van der Waals surface area (Å²) in [5.74, 6) is 0. The first-order chi connectivity index (χ1) is 14.2. The first-order valence-electron chi connectivity index (χ1n) is 9.15. The number of aromatic nitrogens is 4. The average molecular weight is 457 g/mol. The summed E-state index contributed by atoms with van der Waals surface area (Å²) in [6.07, 6.45) is -0.535. The van der Waals surface area contributed by atoms with Gasteiger partial charge in [0.05, 0.1) is 29.1 Å². The zero-order chi connectivity index (χ0) is 21.7. The minimum absolute atomic E-state index is 0.284. The Bertz CT molecular complexity index is 1000. The van der Waals surface area contributed by atoms with Crippen LogP contribution < -0.4 is 10.6 Å². The molecule has 2 heterocycles. The van der Waals surface area contributed by atoms with Gasteiger partial charge in [0.2, 0.25) is 0 Å². The molecule has 0 unspecified atom stereocenters. The quantitative estimate of drug-likeness (QED) is 0.405. The van der Waals surface area contributed by atoms with Gasteiger partial charge in [-0.3, -0.25) is 9.36 Å². The topological polar surface area (TPSA) is 59.7 Å². The Hall–Kier alpha value is -2.59. The molecule has 6 nitrogen and oxygen atoms in total. The van der Waals surface area contributed by atoms with Crippen LogP contribution in [0.5, 0.6) is 0 Å². The van der Waals surface area contributed by atoms with Crippen LogP contribution in [0.25, 0.3) is 0 Å². The number of aryl methyl sites for hydroxylation is 1. The van der Waals surface area contributed by atoms with E-state index in [9.17, 15) is 13.2 Å². The van der Waals surface area contributed by atoms with Crippen molar-refractivity contribution in [3.63, 3.8) is 0 Å². The van der Waals surface area contributed by atoms with Crippen molar-refractivity contribution in [1.29, 1.82) is 0 Å². The zero-order valence-electron chi connectivity index (χ0n) is 16.1. The molecule has 3 aromatic rings. The second-order valence-corrected chi connectivity index (χ2v) is 7.40. The fraction of sp³-hybridized carbons (Fsp3) is 0.316. The van der Waals surface area contributed by atoms with Gasteiger partial charge < -0.3 is 10.6 Å². The predicted molar refractivity (Wildman–Crippen MR) is 114 cm³/mol. The highest BCUT2D eigenvalue weighted by molar-refractivity contribution is 7.80. The van der Waals surface area contributed by atoms with Crippen LogP contribution in [0.3, 0.4) is 0 Å². The lowest BCUT2D eigenvalue weighted by Gasteiger charge is -2.09. The average Bonchev–Trinajstić information content (AvgIpc) is 3.24. The van der Waals surface area contributed by atoms with Crippen molar-refractivity contribution in [1.82, 2.24) is 24.9 Å². The van der Waals surface area contributed by atoms with Crippen molar-refractivity contribution in [3.8, 4) is 0 Å². The smallest absolute Gasteiger partial charge is 0.362 e. The lowest BCUT2D eigenvalue weighted by molar-refractivity contribution is -0.141. The Morgan fingerprint density at radius 1 is 1.23 bits per heavy atom. The molecule has 2 N–H and O–H groups in total. The van der Waals surface area contributed by atoms with Crippen LogP contribution >= 0.6 is 23.8 Å². The van der Waals surface area contributed by atoms with Gasteiger partial charge in [0.15, 0.2) is 10.8 Å². The van der Waals surface area contributed by atoms with Crippen LogP contribution in [0, 0.1) is 6.92 Å². The summed E-state index contributed by atoms with van der Waals surface area (Å²) in [6, 6.07) is 9.95. The van der Waals surface area contributed by atoms with Crippen molar-refractivity contribution < 1.29 is 13.2 Å². The van der Waals surface area contributed by atoms with Gasteiger partial charge in [0.1, 0.15) is 0 Å². The monoisotopic (exact) mass is 456 g/mol. The number of hydrogen-bond acceptors (Lipinski definition) is 3. The largest absolute Gasteiger partial charge is 0.436 e. The van der Waals surface area contributed by atoms with Crippen molar-refractivity contribution in [3.05, 3.63) is 64.7 Å². The molecule has 0 fully saturated rings. The standard InChI is InChI=1S/C19H20ClF3N6S/c1-13-16(20)17(19(21,22)23)27-29(13)9-5-8-24-18(30)26-15-10-25-28(12-15)11-14-6-3-2-4-7-14/h2-4,6-7,10,12H,5,8-9,11H2,1H3,(H2,24,26,30). The molecule has 0 saturated carbocycles. The van der Waals surface area contributed by atoms with E-state index < -0.39 is 11.9 Å². The highest BCUT2D eigenvalue weighted by atomic mass is 35.5. The van der Waals surface area contributed by atoms with Crippen LogP contribution in [-0.4, -0.2) is 31.2 Å². The Kier molecular flexibility index (Phi) is 6.99. The first kappa shape index (κ1) is 22.1. The van der Waals surface area contributed by atoms with Gasteiger partial charge in [0.25, 0.3) is 0 Å². The summed E-state index contributed by atoms with van der Waals surface area (Å²) in [5.41, 5.74) is 1.11. The lowest BCUT2D eigenvalue weighted by Crippen LogP contribution is -2.29. The number of nitrogens with zero attached hydrogens (tertiary/aromatic N) is 4. The number of anilines is 1. The van der Waals surface area contributed by atoms with E-state index in [1.165, 1.54) is 11.6 Å². The van der Waals surface area contributed by atoms with Crippen LogP contribution in [-0.2, 0) is 19.3 Å². The van der Waals surface area contributed by atoms with E-state index in [2.05, 4.69) is 20.8 Å². The van der Waals surface area contributed by atoms with Gasteiger partial charge in [0, 0.05) is 19.3 Å². The van der Waals surface area contributed by atoms with E-state index >= 15 is 0 Å². The molecule has 0 amide bonds. The molecule has 3 rings (SSSR count). The first-order valence-corrected chi connectivity index (χ1v) is 9.94. The molecule has 30 heavy (non-hydrogen) atoms. The van der Waals surface area contributed by atoms with Crippen molar-refractivity contribution in [2.75, 3.05) is 11.9 Å². The van der Waals surface area contributed by atoms with E-state index in [1.54, 1.807) is 10.9 Å². The molecule has 0 atom stereocenters. The second kappa shape index (κ2) is 9.48. The maximum atomic E-state index is 12.9. The summed E-state index contributed by atoms with van der Waals surface area (Å²) < 4.78 is 41.6. The molecular formula is C19H20ClF3N6S. The van der Waals surface area contributed by atoms with Gasteiger partial charge in [-0.1, -0.05) is 41.9 Å². The maximum Gasteiger partial charge on any atom is 0.436 e. The molecule has 0 radical (unpaired) electrons. The summed E-state index contributed by atoms with van der Waals surface area (Å²) in [5, 5.41) is 14.0. The molecule has 1 aromatic carbocycles. The Labute approximate surface area is 182 Å². The number of alkyl halides is 3. The molecule has 0 aliphatic heterocycles. The van der Waals surface area contributed by atoms with Gasteiger partial charge >= 0.3 is 6.18 Å². The number of nitrogens with one attached hydrogen (secondary N) is 2. The number of benzene rings is 1. The Morgan fingerprint density at radius 3 is 2.63 bits per heavy atom. The summed E-state index contributed by atoms with van der Waals surface area (Å²) in [6.45, 7) is 2.90. The molecule has 0 saturated heterocycles. The molecule has 0 aliphatic rings. The van der Waals surface area contributed by atoms with Crippen molar-refractivity contribution in [2.45, 2.75) is 32.6 Å². The fourth-order valence-electron chi connectivity index (χ4n) is 2.81. The third-order valence-electron chi connectivity index (χ3n) is 4.31. The van der Waals surface area contributed by atoms with Crippen molar-refractivity contribution in [2.24, 2.45) is 0 Å². The van der Waals surface area contributed by atoms with Gasteiger partial charge in [-0.05, 0) is 31.1 Å². The molecule has 2 aromatic heterocycles. The third kappa shape index (κ3) is 5.73. The van der Waals surface area contributed by atoms with E-state index in [0.717, 1.165) is 11.3 Å². The summed E-state index contributed by atoms with van der Waals surface area (Å²) in [7, 11) is 0. The molecule has 160 valence electrons. The molecule has 11 heteroatoms. The molecule has 0 aliphatic carbocycles. The highest BCUT2D eigenvalue weighted by Gasteiger charge is 2.38. The van der Waals surface area contributed by atoms with E-state index in [-0.39, 0.29) is 17.3 Å². The predicted octanol–water partition coefficient (Wildman–Crippen LogP) is 4.49. The zero-order valence-corrected chi connectivity index (χ0v) is 17.7. The number of rotatable bonds is 7. The van der Waals surface area contributed by atoms with Gasteiger partial charge in [-0.15, -0.1) is 0 Å². The highest BCUT2D eigenvalue weighted by Crippen LogP contribution is 2.35. The third-order valence-corrected chi connectivity index (χ3v) is 5.01. The Morgan fingerprint density at radius 2 is 1.97 bits per heavy atom. The Balaban J connectivity index is 1.44. The van der Waals surface area contributed by atoms with Gasteiger partial charge in [-0.2, -0.15) is 23.4 Å². The van der Waals surface area contributed by atoms with E-state index in [1.807, 2.05) is 36.5 Å². The summed E-state index contributed by atoms with van der Waals surface area (Å²) >= 11 is 11.0. The maximum absolute atomic E-state index is 12.9. The minimum atomic E-state index is -4.57. The summed E-state index contributed by atoms with van der Waals surface area (Å²) in [4.78, 5) is 0. The van der Waals surface area contributed by atoms with Crippen molar-refractivity contribution >= 4 is 34.6 Å². The van der Waals surface area contributed by atoms with E-state index in [0.29, 0.717) is 24.6 Å². The van der Waals surface area contributed by atoms with Crippen LogP contribution in [0.1, 0.15) is 23.4 Å². The molecule has 0 spiro atoms. The van der Waals surface area contributed by atoms with Crippen LogP contribution in [0.4, 0.5) is 18.9 Å². The molecule has 0 bridgehead atoms. The van der Waals surface area contributed by atoms with Gasteiger partial charge in [-0.25, -0.2) is 0 Å². The van der Waals surface area contributed by atoms with Crippen LogP contribution in [0.15, 0.2) is 42.7 Å². The number of halogens is 4. The minimum Gasteiger partial charge on any atom is -0.362 e. The molecular weight excluding hydrogens is 437 g/mol. The van der Waals surface area contributed by atoms with E-state index in [4.69, 9.17) is 23.8 Å². The number of hydrogen-bond donors (Lipinski definition) is 2.